The molecule has 0 saturated carbocycles. The van der Waals surface area contributed by atoms with Crippen LogP contribution < -0.4 is 5.32 Å². The summed E-state index contributed by atoms with van der Waals surface area (Å²) in [6, 6.07) is 4.04. The zero-order valence-electron chi connectivity index (χ0n) is 18.3. The first-order valence-electron chi connectivity index (χ1n) is 10.6. The van der Waals surface area contributed by atoms with E-state index in [-0.39, 0.29) is 30.1 Å². The standard InChI is InChI=1S/C23H25N3O6/c1-23(2,3)32-22(31)25-10-8-13(9-11-25)14-4-5-15-16(12-14)21(30)26(20(15)29)17-6-7-18(27)24-19(17)28/h4-5,8,12,17H,6-7,9-11H2,1-3H3,(H,24,27,28). The normalized spacial score (nSPS) is 21.3. The molecule has 0 aromatic heterocycles. The molecule has 168 valence electrons. The first-order chi connectivity index (χ1) is 15.0. The molecule has 1 fully saturated rings. The van der Waals surface area contributed by atoms with E-state index in [1.54, 1.807) is 23.1 Å². The van der Waals surface area contributed by atoms with Crippen LogP contribution in [0.3, 0.4) is 0 Å². The number of ether oxygens (including phenoxy) is 1. The smallest absolute Gasteiger partial charge is 0.410 e. The van der Waals surface area contributed by atoms with Gasteiger partial charge in [-0.2, -0.15) is 0 Å². The second-order valence-electron chi connectivity index (χ2n) is 9.11. The molecule has 32 heavy (non-hydrogen) atoms. The molecule has 1 aromatic carbocycles. The first-order valence-corrected chi connectivity index (χ1v) is 10.6. The summed E-state index contributed by atoms with van der Waals surface area (Å²) < 4.78 is 5.41. The highest BCUT2D eigenvalue weighted by molar-refractivity contribution is 6.23. The number of fused-ring (bicyclic) bond motifs is 1. The summed E-state index contributed by atoms with van der Waals surface area (Å²) in [4.78, 5) is 64.2. The molecule has 3 heterocycles. The van der Waals surface area contributed by atoms with Gasteiger partial charge in [-0.15, -0.1) is 0 Å². The quantitative estimate of drug-likeness (QED) is 0.706. The predicted molar refractivity (Wildman–Crippen MR) is 114 cm³/mol. The molecule has 0 aliphatic carbocycles. The van der Waals surface area contributed by atoms with Crippen LogP contribution in [0.1, 0.15) is 66.3 Å². The van der Waals surface area contributed by atoms with Crippen LogP contribution >= 0.6 is 0 Å². The van der Waals surface area contributed by atoms with Crippen LogP contribution in [0.15, 0.2) is 24.3 Å². The fourth-order valence-corrected chi connectivity index (χ4v) is 4.09. The number of carbonyl (C=O) groups excluding carboxylic acids is 5. The Hall–Kier alpha value is -3.49. The van der Waals surface area contributed by atoms with Crippen LogP contribution in [0.2, 0.25) is 0 Å². The van der Waals surface area contributed by atoms with Crippen molar-refractivity contribution in [1.82, 2.24) is 15.1 Å². The van der Waals surface area contributed by atoms with Gasteiger partial charge in [-0.3, -0.25) is 29.4 Å². The maximum atomic E-state index is 13.0. The van der Waals surface area contributed by atoms with E-state index in [0.29, 0.717) is 19.5 Å². The Morgan fingerprint density at radius 2 is 1.78 bits per heavy atom. The van der Waals surface area contributed by atoms with Gasteiger partial charge in [0.25, 0.3) is 11.8 Å². The topological polar surface area (TPSA) is 113 Å². The minimum atomic E-state index is -0.986. The molecule has 3 aliphatic rings. The fourth-order valence-electron chi connectivity index (χ4n) is 4.09. The van der Waals surface area contributed by atoms with Crippen LogP contribution in [0.4, 0.5) is 4.79 Å². The van der Waals surface area contributed by atoms with Gasteiger partial charge in [-0.1, -0.05) is 12.1 Å². The summed E-state index contributed by atoms with van der Waals surface area (Å²) in [7, 11) is 0. The zero-order valence-corrected chi connectivity index (χ0v) is 18.3. The molecule has 1 saturated heterocycles. The van der Waals surface area contributed by atoms with E-state index < -0.39 is 35.3 Å². The van der Waals surface area contributed by atoms with Crippen LogP contribution in [0.5, 0.6) is 0 Å². The number of amides is 5. The average molecular weight is 439 g/mol. The third-order valence-electron chi connectivity index (χ3n) is 5.67. The number of rotatable bonds is 2. The Balaban J connectivity index is 1.52. The summed E-state index contributed by atoms with van der Waals surface area (Å²) in [6.07, 6.45) is 2.32. The molecular weight excluding hydrogens is 414 g/mol. The first kappa shape index (κ1) is 21.7. The van der Waals surface area contributed by atoms with E-state index in [4.69, 9.17) is 4.74 Å². The molecule has 1 N–H and O–H groups in total. The Morgan fingerprint density at radius 1 is 1.06 bits per heavy atom. The van der Waals surface area contributed by atoms with Crippen molar-refractivity contribution in [2.24, 2.45) is 0 Å². The third kappa shape index (κ3) is 4.02. The Kier molecular flexibility index (Phi) is 5.36. The van der Waals surface area contributed by atoms with Crippen molar-refractivity contribution in [3.8, 4) is 0 Å². The van der Waals surface area contributed by atoms with Gasteiger partial charge in [0.2, 0.25) is 11.8 Å². The van der Waals surface area contributed by atoms with Gasteiger partial charge in [0.05, 0.1) is 11.1 Å². The van der Waals surface area contributed by atoms with Crippen molar-refractivity contribution in [1.29, 1.82) is 0 Å². The molecule has 0 radical (unpaired) electrons. The highest BCUT2D eigenvalue weighted by atomic mass is 16.6. The number of imide groups is 2. The molecule has 9 nitrogen and oxygen atoms in total. The lowest BCUT2D eigenvalue weighted by molar-refractivity contribution is -0.136. The molecule has 3 aliphatic heterocycles. The second-order valence-corrected chi connectivity index (χ2v) is 9.11. The summed E-state index contributed by atoms with van der Waals surface area (Å²) in [5, 5.41) is 2.19. The number of carbonyl (C=O) groups is 5. The maximum absolute atomic E-state index is 13.0. The lowest BCUT2D eigenvalue weighted by Crippen LogP contribution is -2.54. The third-order valence-corrected chi connectivity index (χ3v) is 5.67. The highest BCUT2D eigenvalue weighted by Gasteiger charge is 2.44. The van der Waals surface area contributed by atoms with Crippen molar-refractivity contribution in [2.75, 3.05) is 13.1 Å². The number of benzene rings is 1. The van der Waals surface area contributed by atoms with E-state index in [1.165, 1.54) is 0 Å². The number of hydrogen-bond acceptors (Lipinski definition) is 6. The van der Waals surface area contributed by atoms with Gasteiger partial charge in [0, 0.05) is 19.5 Å². The largest absolute Gasteiger partial charge is 0.444 e. The van der Waals surface area contributed by atoms with E-state index >= 15 is 0 Å². The summed E-state index contributed by atoms with van der Waals surface area (Å²) in [5.74, 6) is -2.10. The fraction of sp³-hybridized carbons (Fsp3) is 0.435. The SMILES string of the molecule is CC(C)(C)OC(=O)N1CC=C(c2ccc3c(c2)C(=O)N(C2CCC(=O)NC2=O)C3=O)CC1. The molecule has 9 heteroatoms. The molecular formula is C23H25N3O6. The monoisotopic (exact) mass is 439 g/mol. The second kappa shape index (κ2) is 7.89. The van der Waals surface area contributed by atoms with Crippen LogP contribution in [0, 0.1) is 0 Å². The van der Waals surface area contributed by atoms with Crippen molar-refractivity contribution >= 4 is 35.3 Å². The number of hydrogen-bond donors (Lipinski definition) is 1. The average Bonchev–Trinajstić information content (AvgIpc) is 2.97. The number of nitrogens with one attached hydrogen (secondary N) is 1. The summed E-state index contributed by atoms with van der Waals surface area (Å²) >= 11 is 0. The zero-order chi connectivity index (χ0) is 23.2. The van der Waals surface area contributed by atoms with Crippen molar-refractivity contribution in [2.45, 2.75) is 51.7 Å². The molecule has 1 unspecified atom stereocenters. The van der Waals surface area contributed by atoms with Gasteiger partial charge >= 0.3 is 6.09 Å². The van der Waals surface area contributed by atoms with Gasteiger partial charge < -0.3 is 9.64 Å². The molecule has 1 atom stereocenters. The van der Waals surface area contributed by atoms with E-state index in [2.05, 4.69) is 5.32 Å². The molecule has 5 amide bonds. The maximum Gasteiger partial charge on any atom is 0.410 e. The van der Waals surface area contributed by atoms with Crippen molar-refractivity contribution in [3.05, 3.63) is 41.0 Å². The van der Waals surface area contributed by atoms with Crippen LogP contribution in [-0.4, -0.2) is 64.3 Å². The predicted octanol–water partition coefficient (Wildman–Crippen LogP) is 2.11. The van der Waals surface area contributed by atoms with Crippen molar-refractivity contribution < 1.29 is 28.7 Å². The highest BCUT2D eigenvalue weighted by Crippen LogP contribution is 2.31. The molecule has 1 aromatic rings. The van der Waals surface area contributed by atoms with E-state index in [0.717, 1.165) is 16.0 Å². The number of nitrogens with zero attached hydrogens (tertiary/aromatic N) is 2. The molecule has 0 bridgehead atoms. The van der Waals surface area contributed by atoms with Crippen LogP contribution in [0.25, 0.3) is 5.57 Å². The van der Waals surface area contributed by atoms with Gasteiger partial charge in [-0.25, -0.2) is 4.79 Å². The minimum Gasteiger partial charge on any atom is -0.444 e. The summed E-state index contributed by atoms with van der Waals surface area (Å²) in [5.41, 5.74) is 1.68. The Labute approximate surface area is 185 Å². The lowest BCUT2D eigenvalue weighted by Gasteiger charge is -2.29. The number of piperidine rings is 1. The molecule has 0 spiro atoms. The Morgan fingerprint density at radius 3 is 2.41 bits per heavy atom. The molecule has 4 rings (SSSR count). The van der Waals surface area contributed by atoms with Crippen molar-refractivity contribution in [3.63, 3.8) is 0 Å². The Bertz CT molecular complexity index is 1070. The van der Waals surface area contributed by atoms with E-state index in [1.807, 2.05) is 26.8 Å². The lowest BCUT2D eigenvalue weighted by atomic mass is 9.96. The van der Waals surface area contributed by atoms with Crippen LogP contribution in [-0.2, 0) is 14.3 Å². The van der Waals surface area contributed by atoms with Gasteiger partial charge in [0.1, 0.15) is 11.6 Å². The van der Waals surface area contributed by atoms with Gasteiger partial charge in [-0.05, 0) is 56.9 Å². The van der Waals surface area contributed by atoms with E-state index in [9.17, 15) is 24.0 Å². The minimum absolute atomic E-state index is 0.0795. The van der Waals surface area contributed by atoms with Gasteiger partial charge in [0.15, 0.2) is 0 Å². The summed E-state index contributed by atoms with van der Waals surface area (Å²) in [6.45, 7) is 6.31.